The molecule has 0 aromatic carbocycles. The zero-order valence-corrected chi connectivity index (χ0v) is 7.77. The van der Waals surface area contributed by atoms with Gasteiger partial charge in [-0.25, -0.2) is 0 Å². The van der Waals surface area contributed by atoms with Crippen LogP contribution in [0.15, 0.2) is 0 Å². The van der Waals surface area contributed by atoms with E-state index >= 15 is 0 Å². The van der Waals surface area contributed by atoms with Crippen LogP contribution >= 0.6 is 0 Å². The Morgan fingerprint density at radius 3 is 2.55 bits per heavy atom. The van der Waals surface area contributed by atoms with Crippen LogP contribution in [0.5, 0.6) is 0 Å². The summed E-state index contributed by atoms with van der Waals surface area (Å²) in [7, 11) is 0. The summed E-state index contributed by atoms with van der Waals surface area (Å²) >= 11 is 0. The summed E-state index contributed by atoms with van der Waals surface area (Å²) in [6.07, 6.45) is 4.47. The standard InChI is InChI=1S/C9H21NO/c1-3-5-6-7-10-8-9(11)4-2/h9-11H,3-8H2,1-2H3. The van der Waals surface area contributed by atoms with E-state index in [9.17, 15) is 0 Å². The number of nitrogens with one attached hydrogen (secondary N) is 1. The number of aliphatic hydroxyl groups is 1. The molecular formula is C9H21NO. The molecule has 0 aromatic heterocycles. The minimum absolute atomic E-state index is 0.156. The molecule has 0 fully saturated rings. The van der Waals surface area contributed by atoms with Crippen LogP contribution < -0.4 is 5.32 Å². The van der Waals surface area contributed by atoms with Gasteiger partial charge in [0.1, 0.15) is 0 Å². The van der Waals surface area contributed by atoms with E-state index in [4.69, 9.17) is 5.11 Å². The van der Waals surface area contributed by atoms with Crippen molar-refractivity contribution in [2.75, 3.05) is 13.1 Å². The largest absolute Gasteiger partial charge is 0.392 e. The molecule has 0 aliphatic heterocycles. The van der Waals surface area contributed by atoms with Crippen LogP contribution in [-0.4, -0.2) is 24.3 Å². The molecule has 11 heavy (non-hydrogen) atoms. The van der Waals surface area contributed by atoms with Gasteiger partial charge in [0.15, 0.2) is 0 Å². The van der Waals surface area contributed by atoms with Crippen LogP contribution in [0.3, 0.4) is 0 Å². The first-order valence-corrected chi connectivity index (χ1v) is 4.70. The van der Waals surface area contributed by atoms with Gasteiger partial charge in [-0.15, -0.1) is 0 Å². The van der Waals surface area contributed by atoms with Gasteiger partial charge in [-0.1, -0.05) is 26.7 Å². The molecule has 0 rings (SSSR count). The molecule has 2 heteroatoms. The van der Waals surface area contributed by atoms with E-state index in [2.05, 4.69) is 12.2 Å². The Kier molecular flexibility index (Phi) is 7.96. The van der Waals surface area contributed by atoms with Crippen LogP contribution in [0.4, 0.5) is 0 Å². The maximum absolute atomic E-state index is 9.15. The van der Waals surface area contributed by atoms with E-state index in [1.165, 1.54) is 19.3 Å². The summed E-state index contributed by atoms with van der Waals surface area (Å²) in [4.78, 5) is 0. The summed E-state index contributed by atoms with van der Waals surface area (Å²) in [5.41, 5.74) is 0. The highest BCUT2D eigenvalue weighted by Crippen LogP contribution is 1.92. The summed E-state index contributed by atoms with van der Waals surface area (Å²) in [6.45, 7) is 5.99. The van der Waals surface area contributed by atoms with Crippen molar-refractivity contribution in [3.05, 3.63) is 0 Å². The molecule has 2 N–H and O–H groups in total. The van der Waals surface area contributed by atoms with Gasteiger partial charge in [0.25, 0.3) is 0 Å². The lowest BCUT2D eigenvalue weighted by molar-refractivity contribution is 0.167. The Morgan fingerprint density at radius 2 is 2.00 bits per heavy atom. The van der Waals surface area contributed by atoms with E-state index in [1.807, 2.05) is 6.92 Å². The Morgan fingerprint density at radius 1 is 1.27 bits per heavy atom. The van der Waals surface area contributed by atoms with Gasteiger partial charge < -0.3 is 10.4 Å². The second-order valence-electron chi connectivity index (χ2n) is 2.97. The van der Waals surface area contributed by atoms with Crippen molar-refractivity contribution in [3.63, 3.8) is 0 Å². The molecule has 0 bridgehead atoms. The fourth-order valence-electron chi connectivity index (χ4n) is 0.913. The maximum atomic E-state index is 9.15. The highest BCUT2D eigenvalue weighted by atomic mass is 16.3. The molecule has 68 valence electrons. The molecule has 0 heterocycles. The molecule has 0 amide bonds. The molecule has 0 spiro atoms. The van der Waals surface area contributed by atoms with Crippen molar-refractivity contribution in [2.24, 2.45) is 0 Å². The topological polar surface area (TPSA) is 32.3 Å². The van der Waals surface area contributed by atoms with Gasteiger partial charge in [0, 0.05) is 6.54 Å². The molecule has 1 unspecified atom stereocenters. The molecule has 0 radical (unpaired) electrons. The molecule has 0 aromatic rings. The fraction of sp³-hybridized carbons (Fsp3) is 1.00. The molecule has 2 nitrogen and oxygen atoms in total. The number of aliphatic hydroxyl groups excluding tert-OH is 1. The Hall–Kier alpha value is -0.0800. The minimum atomic E-state index is -0.156. The van der Waals surface area contributed by atoms with Crippen LogP contribution in [0.2, 0.25) is 0 Å². The van der Waals surface area contributed by atoms with Crippen molar-refractivity contribution in [2.45, 2.75) is 45.6 Å². The quantitative estimate of drug-likeness (QED) is 0.552. The smallest absolute Gasteiger partial charge is 0.0662 e. The third-order valence-corrected chi connectivity index (χ3v) is 1.81. The molecule has 1 atom stereocenters. The van der Waals surface area contributed by atoms with Crippen LogP contribution in [0, 0.1) is 0 Å². The second-order valence-corrected chi connectivity index (χ2v) is 2.97. The van der Waals surface area contributed by atoms with Gasteiger partial charge in [-0.3, -0.25) is 0 Å². The van der Waals surface area contributed by atoms with E-state index in [1.54, 1.807) is 0 Å². The third kappa shape index (κ3) is 7.82. The minimum Gasteiger partial charge on any atom is -0.392 e. The summed E-state index contributed by atoms with van der Waals surface area (Å²) in [6, 6.07) is 0. The van der Waals surface area contributed by atoms with Gasteiger partial charge in [0.2, 0.25) is 0 Å². The SMILES string of the molecule is CCCCCNCC(O)CC. The first-order chi connectivity index (χ1) is 5.31. The summed E-state index contributed by atoms with van der Waals surface area (Å²) in [5.74, 6) is 0. The summed E-state index contributed by atoms with van der Waals surface area (Å²) in [5, 5.41) is 12.4. The van der Waals surface area contributed by atoms with E-state index in [-0.39, 0.29) is 6.10 Å². The lowest BCUT2D eigenvalue weighted by atomic mass is 10.2. The van der Waals surface area contributed by atoms with Gasteiger partial charge in [-0.05, 0) is 19.4 Å². The normalized spacial score (nSPS) is 13.4. The number of hydrogen-bond acceptors (Lipinski definition) is 2. The highest BCUT2D eigenvalue weighted by Gasteiger charge is 1.97. The van der Waals surface area contributed by atoms with Crippen molar-refractivity contribution in [3.8, 4) is 0 Å². The van der Waals surface area contributed by atoms with Gasteiger partial charge in [0.05, 0.1) is 6.10 Å². The molecule has 0 saturated carbocycles. The predicted octanol–water partition coefficient (Wildman–Crippen LogP) is 1.54. The molecule has 0 aliphatic carbocycles. The zero-order chi connectivity index (χ0) is 8.53. The average Bonchev–Trinajstić information content (AvgIpc) is 2.04. The van der Waals surface area contributed by atoms with Crippen molar-refractivity contribution in [1.29, 1.82) is 0 Å². The third-order valence-electron chi connectivity index (χ3n) is 1.81. The zero-order valence-electron chi connectivity index (χ0n) is 7.77. The van der Waals surface area contributed by atoms with Crippen LogP contribution in [0.25, 0.3) is 0 Å². The molecule has 0 saturated heterocycles. The molecular weight excluding hydrogens is 138 g/mol. The lowest BCUT2D eigenvalue weighted by Crippen LogP contribution is -2.26. The number of rotatable bonds is 7. The maximum Gasteiger partial charge on any atom is 0.0662 e. The second kappa shape index (κ2) is 8.02. The average molecular weight is 159 g/mol. The van der Waals surface area contributed by atoms with E-state index < -0.39 is 0 Å². The van der Waals surface area contributed by atoms with Crippen molar-refractivity contribution >= 4 is 0 Å². The first-order valence-electron chi connectivity index (χ1n) is 4.70. The summed E-state index contributed by atoms with van der Waals surface area (Å²) < 4.78 is 0. The van der Waals surface area contributed by atoms with Crippen LogP contribution in [0.1, 0.15) is 39.5 Å². The monoisotopic (exact) mass is 159 g/mol. The van der Waals surface area contributed by atoms with E-state index in [0.29, 0.717) is 0 Å². The Labute approximate surface area is 70.0 Å². The van der Waals surface area contributed by atoms with E-state index in [0.717, 1.165) is 19.5 Å². The van der Waals surface area contributed by atoms with Crippen LogP contribution in [-0.2, 0) is 0 Å². The van der Waals surface area contributed by atoms with Gasteiger partial charge >= 0.3 is 0 Å². The predicted molar refractivity (Wildman–Crippen MR) is 48.7 cm³/mol. The Balaban J connectivity index is 2.89. The molecule has 0 aliphatic rings. The van der Waals surface area contributed by atoms with Crippen molar-refractivity contribution in [1.82, 2.24) is 5.32 Å². The lowest BCUT2D eigenvalue weighted by Gasteiger charge is -2.08. The Bertz CT molecular complexity index is 76.0. The number of unbranched alkanes of at least 4 members (excludes halogenated alkanes) is 2. The highest BCUT2D eigenvalue weighted by molar-refractivity contribution is 4.56. The fourth-order valence-corrected chi connectivity index (χ4v) is 0.913. The number of hydrogen-bond donors (Lipinski definition) is 2. The first kappa shape index (κ1) is 10.9. The van der Waals surface area contributed by atoms with Gasteiger partial charge in [-0.2, -0.15) is 0 Å². The van der Waals surface area contributed by atoms with Crippen molar-refractivity contribution < 1.29 is 5.11 Å².